The minimum Gasteiger partial charge on any atom is -0.489 e. The van der Waals surface area contributed by atoms with Crippen LogP contribution in [0.4, 0.5) is 0 Å². The number of ether oxygens (including phenoxy) is 2. The van der Waals surface area contributed by atoms with Gasteiger partial charge in [-0.3, -0.25) is 0 Å². The number of aromatic nitrogens is 1. The Morgan fingerprint density at radius 3 is 2.23 bits per heavy atom. The van der Waals surface area contributed by atoms with Crippen LogP contribution in [0.1, 0.15) is 21.7 Å². The molecule has 1 aromatic heterocycles. The number of hydrogen-bond donors (Lipinski definition) is 0. The topological polar surface area (TPSA) is 31.4 Å². The molecule has 0 amide bonds. The molecule has 0 saturated heterocycles. The Labute approximate surface area is 189 Å². The Balaban J connectivity index is 1.34. The average molecular weight is 480 g/mol. The summed E-state index contributed by atoms with van der Waals surface area (Å²) in [5.74, 6) is 0.855. The van der Waals surface area contributed by atoms with Gasteiger partial charge in [-0.1, -0.05) is 58.4 Å². The molecular formula is C25H22BrNO2S. The maximum Gasteiger partial charge on any atom is 0.123 e. The lowest BCUT2D eigenvalue weighted by Gasteiger charge is -2.06. The number of benzene rings is 3. The van der Waals surface area contributed by atoms with Gasteiger partial charge in [0.2, 0.25) is 0 Å². The van der Waals surface area contributed by atoms with Crippen molar-refractivity contribution in [2.75, 3.05) is 0 Å². The lowest BCUT2D eigenvalue weighted by Crippen LogP contribution is -1.94. The van der Waals surface area contributed by atoms with E-state index >= 15 is 0 Å². The summed E-state index contributed by atoms with van der Waals surface area (Å²) in [7, 11) is 0. The molecule has 4 aromatic rings. The lowest BCUT2D eigenvalue weighted by atomic mass is 10.2. The summed E-state index contributed by atoms with van der Waals surface area (Å²) in [5.41, 5.74) is 4.43. The third kappa shape index (κ3) is 5.57. The third-order valence-corrected chi connectivity index (χ3v) is 6.37. The molecule has 5 heteroatoms. The highest BCUT2D eigenvalue weighted by Crippen LogP contribution is 2.30. The predicted octanol–water partition coefficient (Wildman–Crippen LogP) is 7.18. The second kappa shape index (κ2) is 10.0. The molecule has 30 heavy (non-hydrogen) atoms. The van der Waals surface area contributed by atoms with E-state index in [0.717, 1.165) is 42.5 Å². The summed E-state index contributed by atoms with van der Waals surface area (Å²) in [6.45, 7) is 3.76. The van der Waals surface area contributed by atoms with Crippen LogP contribution in [0.15, 0.2) is 83.3 Å². The van der Waals surface area contributed by atoms with Gasteiger partial charge in [-0.25, -0.2) is 4.98 Å². The van der Waals surface area contributed by atoms with Gasteiger partial charge in [0.15, 0.2) is 0 Å². The van der Waals surface area contributed by atoms with Crippen LogP contribution in [0.2, 0.25) is 0 Å². The summed E-state index contributed by atoms with van der Waals surface area (Å²) in [4.78, 5) is 5.89. The second-order valence-electron chi connectivity index (χ2n) is 6.95. The largest absolute Gasteiger partial charge is 0.489 e. The van der Waals surface area contributed by atoms with E-state index in [2.05, 4.69) is 52.3 Å². The van der Waals surface area contributed by atoms with Crippen LogP contribution in [-0.4, -0.2) is 4.98 Å². The van der Waals surface area contributed by atoms with Crippen LogP contribution in [0.3, 0.4) is 0 Å². The van der Waals surface area contributed by atoms with Gasteiger partial charge in [-0.2, -0.15) is 0 Å². The summed E-state index contributed by atoms with van der Waals surface area (Å²) >= 11 is 5.14. The van der Waals surface area contributed by atoms with Crippen molar-refractivity contribution in [1.29, 1.82) is 0 Å². The zero-order chi connectivity index (χ0) is 20.8. The van der Waals surface area contributed by atoms with Crippen LogP contribution >= 0.6 is 27.3 Å². The molecule has 1 heterocycles. The molecule has 0 N–H and O–H groups in total. The van der Waals surface area contributed by atoms with E-state index in [4.69, 9.17) is 14.5 Å². The fraction of sp³-hybridized carbons (Fsp3) is 0.160. The first kappa shape index (κ1) is 20.8. The van der Waals surface area contributed by atoms with Crippen molar-refractivity contribution < 1.29 is 9.47 Å². The van der Waals surface area contributed by atoms with Crippen LogP contribution in [0, 0.1) is 6.92 Å². The van der Waals surface area contributed by atoms with Gasteiger partial charge >= 0.3 is 0 Å². The van der Waals surface area contributed by atoms with Crippen molar-refractivity contribution in [1.82, 2.24) is 4.98 Å². The van der Waals surface area contributed by atoms with E-state index in [1.165, 1.54) is 0 Å². The van der Waals surface area contributed by atoms with Crippen LogP contribution in [0.25, 0.3) is 10.6 Å². The predicted molar refractivity (Wildman–Crippen MR) is 126 cm³/mol. The first-order valence-corrected chi connectivity index (χ1v) is 11.3. The maximum atomic E-state index is 5.90. The Kier molecular flexibility index (Phi) is 6.95. The molecular weight excluding hydrogens is 458 g/mol. The van der Waals surface area contributed by atoms with Crippen LogP contribution < -0.4 is 4.74 Å². The third-order valence-electron chi connectivity index (χ3n) is 4.66. The van der Waals surface area contributed by atoms with Gasteiger partial charge in [0.1, 0.15) is 17.4 Å². The molecule has 0 radical (unpaired) electrons. The van der Waals surface area contributed by atoms with Gasteiger partial charge in [0, 0.05) is 10.0 Å². The summed E-state index contributed by atoms with van der Waals surface area (Å²) in [5, 5.41) is 1.00. The van der Waals surface area contributed by atoms with E-state index in [-0.39, 0.29) is 0 Å². The van der Waals surface area contributed by atoms with Gasteiger partial charge < -0.3 is 9.47 Å². The fourth-order valence-corrected chi connectivity index (χ4v) is 4.23. The minimum absolute atomic E-state index is 0.566. The van der Waals surface area contributed by atoms with Crippen molar-refractivity contribution in [3.63, 3.8) is 0 Å². The molecule has 0 aliphatic heterocycles. The quantitative estimate of drug-likeness (QED) is 0.268. The molecule has 0 unspecified atom stereocenters. The summed E-state index contributed by atoms with van der Waals surface area (Å²) in [6, 6.07) is 26.5. The zero-order valence-corrected chi connectivity index (χ0v) is 19.1. The normalized spacial score (nSPS) is 10.9. The van der Waals surface area contributed by atoms with Crippen LogP contribution in [-0.2, 0) is 24.6 Å². The van der Waals surface area contributed by atoms with Gasteiger partial charge in [-0.05, 0) is 54.4 Å². The fourth-order valence-electron chi connectivity index (χ4n) is 2.96. The Morgan fingerprint density at radius 1 is 0.800 bits per heavy atom. The van der Waals surface area contributed by atoms with Crippen molar-refractivity contribution in [2.24, 2.45) is 0 Å². The van der Waals surface area contributed by atoms with Crippen LogP contribution in [0.5, 0.6) is 5.75 Å². The lowest BCUT2D eigenvalue weighted by molar-refractivity contribution is 0.109. The molecule has 0 saturated carbocycles. The molecule has 4 rings (SSSR count). The molecule has 0 aliphatic rings. The highest BCUT2D eigenvalue weighted by atomic mass is 79.9. The first-order valence-electron chi connectivity index (χ1n) is 9.73. The number of hydrogen-bond acceptors (Lipinski definition) is 4. The van der Waals surface area contributed by atoms with E-state index in [1.54, 1.807) is 11.3 Å². The van der Waals surface area contributed by atoms with Gasteiger partial charge in [-0.15, -0.1) is 11.3 Å². The number of aryl methyl sites for hydroxylation is 1. The molecule has 0 spiro atoms. The second-order valence-corrected chi connectivity index (χ2v) is 8.94. The van der Waals surface area contributed by atoms with E-state index < -0.39 is 0 Å². The maximum absolute atomic E-state index is 5.90. The Bertz CT molecular complexity index is 1080. The van der Waals surface area contributed by atoms with E-state index in [0.29, 0.717) is 19.8 Å². The molecule has 0 bridgehead atoms. The van der Waals surface area contributed by atoms with Crippen molar-refractivity contribution in [2.45, 2.75) is 26.7 Å². The molecule has 0 fully saturated rings. The molecule has 3 nitrogen and oxygen atoms in total. The van der Waals surface area contributed by atoms with Crippen molar-refractivity contribution >= 4 is 27.3 Å². The summed E-state index contributed by atoms with van der Waals surface area (Å²) in [6.07, 6.45) is 0. The zero-order valence-electron chi connectivity index (χ0n) is 16.7. The number of halogens is 1. The van der Waals surface area contributed by atoms with Gasteiger partial charge in [0.25, 0.3) is 0 Å². The van der Waals surface area contributed by atoms with Gasteiger partial charge in [0.05, 0.1) is 23.8 Å². The molecule has 152 valence electrons. The minimum atomic E-state index is 0.566. The average Bonchev–Trinajstić information content (AvgIpc) is 3.15. The Morgan fingerprint density at radius 2 is 1.50 bits per heavy atom. The molecule has 0 aliphatic carbocycles. The van der Waals surface area contributed by atoms with Crippen molar-refractivity contribution in [3.05, 3.63) is 105 Å². The van der Waals surface area contributed by atoms with Crippen molar-refractivity contribution in [3.8, 4) is 16.3 Å². The Hall–Kier alpha value is -2.47. The van der Waals surface area contributed by atoms with E-state index in [1.807, 2.05) is 49.4 Å². The monoisotopic (exact) mass is 479 g/mol. The number of nitrogens with zero attached hydrogens (tertiary/aromatic N) is 1. The molecule has 0 atom stereocenters. The highest BCUT2D eigenvalue weighted by Gasteiger charge is 2.10. The standard InChI is InChI=1S/C25H22BrNO2S/c1-18-24(17-28-15-20-7-11-22(26)12-8-20)30-25(27-18)21-9-13-23(14-10-21)29-16-19-5-3-2-4-6-19/h2-14H,15-17H2,1H3. The number of rotatable bonds is 8. The highest BCUT2D eigenvalue weighted by molar-refractivity contribution is 9.10. The SMILES string of the molecule is Cc1nc(-c2ccc(OCc3ccccc3)cc2)sc1COCc1ccc(Br)cc1. The van der Waals surface area contributed by atoms with E-state index in [9.17, 15) is 0 Å². The summed E-state index contributed by atoms with van der Waals surface area (Å²) < 4.78 is 12.9. The molecule has 3 aromatic carbocycles. The smallest absolute Gasteiger partial charge is 0.123 e. The number of thiazole rings is 1. The first-order chi connectivity index (χ1) is 14.7.